The molecule has 3 N–H and O–H groups in total. The summed E-state index contributed by atoms with van der Waals surface area (Å²) >= 11 is 0. The highest BCUT2D eigenvalue weighted by atomic mass is 16.7. The Kier molecular flexibility index (Phi) is 2.94. The molecule has 2 saturated carbocycles. The molecule has 98 valence electrons. The van der Waals surface area contributed by atoms with Gasteiger partial charge in [-0.1, -0.05) is 12.8 Å². The fraction of sp³-hybridized carbons (Fsp3) is 1.00. The molecule has 4 heteroatoms. The van der Waals surface area contributed by atoms with Crippen molar-refractivity contribution in [2.45, 2.75) is 62.4 Å². The van der Waals surface area contributed by atoms with Crippen LogP contribution in [0, 0.1) is 5.92 Å². The minimum absolute atomic E-state index is 0.0752. The van der Waals surface area contributed by atoms with Gasteiger partial charge in [-0.2, -0.15) is 0 Å². The summed E-state index contributed by atoms with van der Waals surface area (Å²) in [4.78, 5) is 0. The SMILES string of the molecule is NC(CC1CC1)C1(O)CCC2(CC1)OCCO2. The summed E-state index contributed by atoms with van der Waals surface area (Å²) < 4.78 is 11.3. The van der Waals surface area contributed by atoms with Crippen LogP contribution in [0.25, 0.3) is 0 Å². The predicted molar refractivity (Wildman–Crippen MR) is 63.4 cm³/mol. The van der Waals surface area contributed by atoms with Crippen molar-refractivity contribution < 1.29 is 14.6 Å². The molecule has 17 heavy (non-hydrogen) atoms. The first-order chi connectivity index (χ1) is 8.12. The van der Waals surface area contributed by atoms with Crippen molar-refractivity contribution in [3.8, 4) is 0 Å². The van der Waals surface area contributed by atoms with Crippen LogP contribution in [0.15, 0.2) is 0 Å². The van der Waals surface area contributed by atoms with E-state index in [-0.39, 0.29) is 6.04 Å². The van der Waals surface area contributed by atoms with Crippen molar-refractivity contribution in [3.63, 3.8) is 0 Å². The largest absolute Gasteiger partial charge is 0.388 e. The molecule has 0 aromatic rings. The van der Waals surface area contributed by atoms with Gasteiger partial charge in [0.05, 0.1) is 18.8 Å². The van der Waals surface area contributed by atoms with Crippen LogP contribution in [-0.4, -0.2) is 35.8 Å². The molecule has 0 radical (unpaired) electrons. The van der Waals surface area contributed by atoms with Crippen LogP contribution in [0.4, 0.5) is 0 Å². The van der Waals surface area contributed by atoms with Crippen LogP contribution in [0.1, 0.15) is 44.9 Å². The van der Waals surface area contributed by atoms with Crippen LogP contribution in [-0.2, 0) is 9.47 Å². The van der Waals surface area contributed by atoms with E-state index in [4.69, 9.17) is 15.2 Å². The second kappa shape index (κ2) is 4.19. The predicted octanol–water partition coefficient (Wildman–Crippen LogP) is 1.16. The lowest BCUT2D eigenvalue weighted by Gasteiger charge is -2.43. The third-order valence-electron chi connectivity index (χ3n) is 4.67. The summed E-state index contributed by atoms with van der Waals surface area (Å²) in [6.45, 7) is 1.37. The molecule has 3 rings (SSSR count). The zero-order valence-electron chi connectivity index (χ0n) is 10.4. The summed E-state index contributed by atoms with van der Waals surface area (Å²) in [6, 6.07) is -0.0752. The fourth-order valence-electron chi connectivity index (χ4n) is 3.15. The highest BCUT2D eigenvalue weighted by Crippen LogP contribution is 2.43. The Labute approximate surface area is 102 Å². The third-order valence-corrected chi connectivity index (χ3v) is 4.67. The van der Waals surface area contributed by atoms with Gasteiger partial charge in [-0.15, -0.1) is 0 Å². The Balaban J connectivity index is 1.57. The van der Waals surface area contributed by atoms with Crippen molar-refractivity contribution in [1.29, 1.82) is 0 Å². The Bertz CT molecular complexity index is 274. The molecule has 1 atom stereocenters. The van der Waals surface area contributed by atoms with Gasteiger partial charge in [0.15, 0.2) is 5.79 Å². The molecule has 2 aliphatic carbocycles. The molecule has 3 aliphatic rings. The summed E-state index contributed by atoms with van der Waals surface area (Å²) in [6.07, 6.45) is 6.54. The number of ether oxygens (including phenoxy) is 2. The highest BCUT2D eigenvalue weighted by molar-refractivity contribution is 4.99. The topological polar surface area (TPSA) is 64.7 Å². The van der Waals surface area contributed by atoms with E-state index in [0.717, 1.165) is 25.2 Å². The minimum atomic E-state index is -0.691. The van der Waals surface area contributed by atoms with Gasteiger partial charge in [0.25, 0.3) is 0 Å². The molecule has 0 aromatic carbocycles. The van der Waals surface area contributed by atoms with Gasteiger partial charge in [-0.25, -0.2) is 0 Å². The van der Waals surface area contributed by atoms with E-state index in [9.17, 15) is 5.11 Å². The molecule has 4 nitrogen and oxygen atoms in total. The second-order valence-electron chi connectivity index (χ2n) is 6.00. The van der Waals surface area contributed by atoms with Crippen molar-refractivity contribution in [2.75, 3.05) is 13.2 Å². The summed E-state index contributed by atoms with van der Waals surface area (Å²) in [7, 11) is 0. The lowest BCUT2D eigenvalue weighted by molar-refractivity contribution is -0.205. The first-order valence-corrected chi connectivity index (χ1v) is 6.88. The Morgan fingerprint density at radius 2 is 1.71 bits per heavy atom. The van der Waals surface area contributed by atoms with Gasteiger partial charge >= 0.3 is 0 Å². The smallest absolute Gasteiger partial charge is 0.168 e. The van der Waals surface area contributed by atoms with Crippen LogP contribution in [0.2, 0.25) is 0 Å². The molecular formula is C13H23NO3. The number of hydrogen-bond donors (Lipinski definition) is 2. The minimum Gasteiger partial charge on any atom is -0.388 e. The number of aliphatic hydroxyl groups is 1. The Morgan fingerprint density at radius 1 is 1.12 bits per heavy atom. The summed E-state index contributed by atoms with van der Waals surface area (Å²) in [5.74, 6) is 0.370. The van der Waals surface area contributed by atoms with Gasteiger partial charge in [-0.3, -0.25) is 0 Å². The van der Waals surface area contributed by atoms with Gasteiger partial charge in [-0.05, 0) is 25.2 Å². The Hall–Kier alpha value is -0.160. The van der Waals surface area contributed by atoms with E-state index in [2.05, 4.69) is 0 Å². The average Bonchev–Trinajstić information content (AvgIpc) is 3.02. The molecule has 3 fully saturated rings. The van der Waals surface area contributed by atoms with Gasteiger partial charge in [0, 0.05) is 18.9 Å². The van der Waals surface area contributed by atoms with Crippen molar-refractivity contribution in [1.82, 2.24) is 0 Å². The van der Waals surface area contributed by atoms with Crippen LogP contribution in [0.5, 0.6) is 0 Å². The maximum Gasteiger partial charge on any atom is 0.168 e. The first kappa shape index (κ1) is 11.9. The van der Waals surface area contributed by atoms with Crippen LogP contribution < -0.4 is 5.73 Å². The first-order valence-electron chi connectivity index (χ1n) is 6.88. The molecule has 1 spiro atoms. The van der Waals surface area contributed by atoms with E-state index in [0.29, 0.717) is 26.1 Å². The molecule has 0 amide bonds. The Morgan fingerprint density at radius 3 is 2.24 bits per heavy atom. The zero-order valence-corrected chi connectivity index (χ0v) is 10.4. The van der Waals surface area contributed by atoms with Crippen LogP contribution >= 0.6 is 0 Å². The molecule has 1 saturated heterocycles. The second-order valence-corrected chi connectivity index (χ2v) is 6.00. The molecule has 1 aliphatic heterocycles. The van der Waals surface area contributed by atoms with E-state index in [1.54, 1.807) is 0 Å². The van der Waals surface area contributed by atoms with Crippen molar-refractivity contribution in [3.05, 3.63) is 0 Å². The fourth-order valence-corrected chi connectivity index (χ4v) is 3.15. The summed E-state index contributed by atoms with van der Waals surface area (Å²) in [5, 5.41) is 10.6. The monoisotopic (exact) mass is 241 g/mol. The van der Waals surface area contributed by atoms with Gasteiger partial charge in [0.1, 0.15) is 0 Å². The number of hydrogen-bond acceptors (Lipinski definition) is 4. The standard InChI is InChI=1S/C13H23NO3/c14-11(9-10-1-2-10)12(15)3-5-13(6-4-12)16-7-8-17-13/h10-11,15H,1-9,14H2. The summed E-state index contributed by atoms with van der Waals surface area (Å²) in [5.41, 5.74) is 5.49. The normalized spacial score (nSPS) is 32.8. The quantitative estimate of drug-likeness (QED) is 0.778. The average molecular weight is 241 g/mol. The van der Waals surface area contributed by atoms with E-state index in [1.807, 2.05) is 0 Å². The zero-order chi connectivity index (χ0) is 11.9. The molecule has 0 bridgehead atoms. The van der Waals surface area contributed by atoms with E-state index >= 15 is 0 Å². The van der Waals surface area contributed by atoms with Crippen LogP contribution in [0.3, 0.4) is 0 Å². The highest BCUT2D eigenvalue weighted by Gasteiger charge is 2.48. The van der Waals surface area contributed by atoms with E-state index < -0.39 is 11.4 Å². The van der Waals surface area contributed by atoms with Crippen molar-refractivity contribution in [2.24, 2.45) is 11.7 Å². The maximum absolute atomic E-state index is 10.6. The lowest BCUT2D eigenvalue weighted by Crippen LogP contribution is -2.53. The lowest BCUT2D eigenvalue weighted by atomic mass is 9.75. The van der Waals surface area contributed by atoms with Crippen molar-refractivity contribution >= 4 is 0 Å². The van der Waals surface area contributed by atoms with E-state index in [1.165, 1.54) is 12.8 Å². The molecular weight excluding hydrogens is 218 g/mol. The molecule has 1 unspecified atom stereocenters. The maximum atomic E-state index is 10.6. The number of rotatable bonds is 3. The molecule has 1 heterocycles. The number of nitrogens with two attached hydrogens (primary N) is 1. The third kappa shape index (κ3) is 2.36. The van der Waals surface area contributed by atoms with Gasteiger partial charge < -0.3 is 20.3 Å². The van der Waals surface area contributed by atoms with Gasteiger partial charge in [0.2, 0.25) is 0 Å². The molecule has 0 aromatic heterocycles.